The van der Waals surface area contributed by atoms with Gasteiger partial charge in [0.2, 0.25) is 0 Å². The van der Waals surface area contributed by atoms with Gasteiger partial charge in [-0.15, -0.1) is 0 Å². The van der Waals surface area contributed by atoms with Gasteiger partial charge in [-0.05, 0) is 70.2 Å². The summed E-state index contributed by atoms with van der Waals surface area (Å²) < 4.78 is 6.11. The van der Waals surface area contributed by atoms with E-state index in [9.17, 15) is 14.4 Å². The Bertz CT molecular complexity index is 924. The average molecular weight is 459 g/mol. The molecule has 2 atom stereocenters. The average Bonchev–Trinajstić information content (AvgIpc) is 3.16. The third-order valence-corrected chi connectivity index (χ3v) is 6.50. The second kappa shape index (κ2) is 9.95. The highest BCUT2D eigenvalue weighted by molar-refractivity contribution is 5.98. The predicted molar refractivity (Wildman–Crippen MR) is 124 cm³/mol. The van der Waals surface area contributed by atoms with E-state index in [0.29, 0.717) is 35.8 Å². The number of carboxylic acid groups (broad SMARTS) is 2. The molecule has 2 unspecified atom stereocenters. The molecule has 0 spiro atoms. The van der Waals surface area contributed by atoms with Crippen molar-refractivity contribution in [2.75, 3.05) is 6.54 Å². The van der Waals surface area contributed by atoms with Gasteiger partial charge in [-0.2, -0.15) is 0 Å². The van der Waals surface area contributed by atoms with Crippen LogP contribution < -0.4 is 10.1 Å². The summed E-state index contributed by atoms with van der Waals surface area (Å²) in [6.07, 6.45) is 6.70. The number of carboxylic acids is 2. The normalized spacial score (nSPS) is 25.0. The molecular formula is C25H34N2O6. The minimum absolute atomic E-state index is 0.0343. The predicted octanol–water partition coefficient (Wildman–Crippen LogP) is 3.17. The molecule has 2 bridgehead atoms. The molecule has 3 aliphatic heterocycles. The highest BCUT2D eigenvalue weighted by atomic mass is 16.5. The maximum absolute atomic E-state index is 13.0. The SMILES string of the molecule is CCN1C2CCC1CC(NC(=O)c1cc(C)cc3c1OC(C)(C)C3)C2.O=C(O)C=CC(=O)O. The maximum Gasteiger partial charge on any atom is 0.328 e. The minimum atomic E-state index is -1.26. The lowest BCUT2D eigenvalue weighted by molar-refractivity contribution is -0.134. The van der Waals surface area contributed by atoms with Crippen molar-refractivity contribution in [3.05, 3.63) is 41.0 Å². The Morgan fingerprint density at radius 3 is 2.21 bits per heavy atom. The van der Waals surface area contributed by atoms with E-state index in [-0.39, 0.29) is 11.5 Å². The van der Waals surface area contributed by atoms with E-state index in [4.69, 9.17) is 14.9 Å². The van der Waals surface area contributed by atoms with Gasteiger partial charge in [0.05, 0.1) is 5.56 Å². The van der Waals surface area contributed by atoms with Gasteiger partial charge in [0.25, 0.3) is 5.91 Å². The highest BCUT2D eigenvalue weighted by Crippen LogP contribution is 2.39. The molecule has 1 amide bonds. The molecule has 0 aromatic heterocycles. The Balaban J connectivity index is 0.000000331. The lowest BCUT2D eigenvalue weighted by atomic mass is 9.96. The number of nitrogens with one attached hydrogen (secondary N) is 1. The summed E-state index contributed by atoms with van der Waals surface area (Å²) in [4.78, 5) is 34.7. The van der Waals surface area contributed by atoms with Crippen LogP contribution in [0.5, 0.6) is 5.75 Å². The van der Waals surface area contributed by atoms with Crippen LogP contribution >= 0.6 is 0 Å². The number of hydrogen-bond acceptors (Lipinski definition) is 5. The van der Waals surface area contributed by atoms with Crippen LogP contribution in [0.1, 0.15) is 67.9 Å². The van der Waals surface area contributed by atoms with Crippen molar-refractivity contribution in [3.8, 4) is 5.75 Å². The fraction of sp³-hybridized carbons (Fsp3) is 0.560. The van der Waals surface area contributed by atoms with E-state index in [1.807, 2.05) is 6.07 Å². The molecule has 2 saturated heterocycles. The van der Waals surface area contributed by atoms with Crippen LogP contribution in [0, 0.1) is 6.92 Å². The van der Waals surface area contributed by atoms with Crippen molar-refractivity contribution in [1.29, 1.82) is 0 Å². The van der Waals surface area contributed by atoms with E-state index in [1.54, 1.807) is 0 Å². The number of aryl methyl sites for hydroxylation is 1. The molecule has 0 aliphatic carbocycles. The second-order valence-corrected chi connectivity index (χ2v) is 9.71. The Morgan fingerprint density at radius 2 is 1.70 bits per heavy atom. The number of aliphatic carboxylic acids is 2. The number of carbonyl (C=O) groups excluding carboxylic acids is 1. The van der Waals surface area contributed by atoms with Crippen LogP contribution in [0.2, 0.25) is 0 Å². The number of fused-ring (bicyclic) bond motifs is 3. The highest BCUT2D eigenvalue weighted by Gasteiger charge is 2.40. The third-order valence-electron chi connectivity index (χ3n) is 6.50. The number of amides is 1. The molecule has 180 valence electrons. The van der Waals surface area contributed by atoms with Gasteiger partial charge in [-0.3, -0.25) is 9.69 Å². The van der Waals surface area contributed by atoms with Crippen molar-refractivity contribution < 1.29 is 29.3 Å². The van der Waals surface area contributed by atoms with Crippen LogP contribution in [-0.2, 0) is 16.0 Å². The van der Waals surface area contributed by atoms with Crippen LogP contribution in [0.4, 0.5) is 0 Å². The molecule has 0 radical (unpaired) electrons. The number of nitrogens with zero attached hydrogens (tertiary/aromatic N) is 1. The minimum Gasteiger partial charge on any atom is -0.486 e. The van der Waals surface area contributed by atoms with E-state index in [2.05, 4.69) is 44.0 Å². The number of hydrogen-bond donors (Lipinski definition) is 3. The number of piperidine rings is 1. The smallest absolute Gasteiger partial charge is 0.328 e. The van der Waals surface area contributed by atoms with Gasteiger partial charge in [0.15, 0.2) is 0 Å². The third kappa shape index (κ3) is 6.13. The summed E-state index contributed by atoms with van der Waals surface area (Å²) in [7, 11) is 0. The molecule has 3 aliphatic rings. The van der Waals surface area contributed by atoms with Crippen LogP contribution in [0.3, 0.4) is 0 Å². The molecule has 3 N–H and O–H groups in total. The molecular weight excluding hydrogens is 424 g/mol. The summed E-state index contributed by atoms with van der Waals surface area (Å²) in [5, 5.41) is 18.9. The molecule has 4 rings (SSSR count). The Hall–Kier alpha value is -2.87. The Labute approximate surface area is 194 Å². The summed E-state index contributed by atoms with van der Waals surface area (Å²) in [6, 6.07) is 5.71. The monoisotopic (exact) mass is 458 g/mol. The van der Waals surface area contributed by atoms with Gasteiger partial charge >= 0.3 is 11.9 Å². The van der Waals surface area contributed by atoms with E-state index in [0.717, 1.165) is 42.7 Å². The number of benzene rings is 1. The second-order valence-electron chi connectivity index (χ2n) is 9.71. The standard InChI is InChI=1S/C21H30N2O2.C4H4O4/c1-5-23-16-6-7-17(23)11-15(10-16)22-20(24)18-9-13(2)8-14-12-21(3,4)25-19(14)18;5-3(6)1-2-4(7)8/h8-9,15-17H,5-7,10-12H2,1-4H3,(H,22,24);1-2H,(H,5,6)(H,7,8). The fourth-order valence-electron chi connectivity index (χ4n) is 5.35. The first-order valence-corrected chi connectivity index (χ1v) is 11.5. The Morgan fingerprint density at radius 1 is 1.12 bits per heavy atom. The van der Waals surface area contributed by atoms with Crippen molar-refractivity contribution >= 4 is 17.8 Å². The van der Waals surface area contributed by atoms with E-state index >= 15 is 0 Å². The first-order chi connectivity index (χ1) is 15.5. The molecule has 1 aromatic carbocycles. The Kier molecular flexibility index (Phi) is 7.47. The van der Waals surface area contributed by atoms with Crippen molar-refractivity contribution in [2.24, 2.45) is 0 Å². The summed E-state index contributed by atoms with van der Waals surface area (Å²) in [5.41, 5.74) is 2.78. The fourth-order valence-corrected chi connectivity index (χ4v) is 5.35. The van der Waals surface area contributed by atoms with Crippen molar-refractivity contribution in [1.82, 2.24) is 10.2 Å². The molecule has 3 heterocycles. The number of carbonyl (C=O) groups is 3. The number of ether oxygens (including phenoxy) is 1. The van der Waals surface area contributed by atoms with Crippen LogP contribution in [0.25, 0.3) is 0 Å². The summed E-state index contributed by atoms with van der Waals surface area (Å²) in [6.45, 7) is 9.61. The zero-order valence-corrected chi connectivity index (χ0v) is 19.8. The molecule has 1 aromatic rings. The molecule has 0 saturated carbocycles. The van der Waals surface area contributed by atoms with E-state index < -0.39 is 11.9 Å². The molecule has 2 fully saturated rings. The quantitative estimate of drug-likeness (QED) is 0.580. The topological polar surface area (TPSA) is 116 Å². The van der Waals surface area contributed by atoms with Gasteiger partial charge in [-0.1, -0.05) is 13.0 Å². The largest absolute Gasteiger partial charge is 0.486 e. The lowest BCUT2D eigenvalue weighted by Crippen LogP contribution is -2.50. The van der Waals surface area contributed by atoms with Gasteiger partial charge < -0.3 is 20.3 Å². The van der Waals surface area contributed by atoms with E-state index in [1.165, 1.54) is 12.8 Å². The van der Waals surface area contributed by atoms with Crippen molar-refractivity contribution in [3.63, 3.8) is 0 Å². The zero-order valence-electron chi connectivity index (χ0n) is 19.8. The molecule has 33 heavy (non-hydrogen) atoms. The summed E-state index contributed by atoms with van der Waals surface area (Å²) in [5.74, 6) is -1.69. The lowest BCUT2D eigenvalue weighted by Gasteiger charge is -2.38. The summed E-state index contributed by atoms with van der Waals surface area (Å²) >= 11 is 0. The van der Waals surface area contributed by atoms with Crippen LogP contribution in [-0.4, -0.2) is 63.2 Å². The van der Waals surface area contributed by atoms with Gasteiger partial charge in [0, 0.05) is 36.7 Å². The molecule has 8 nitrogen and oxygen atoms in total. The number of rotatable bonds is 5. The van der Waals surface area contributed by atoms with Crippen LogP contribution in [0.15, 0.2) is 24.3 Å². The molecule has 8 heteroatoms. The maximum atomic E-state index is 13.0. The van der Waals surface area contributed by atoms with Crippen molar-refractivity contribution in [2.45, 2.75) is 83.5 Å². The van der Waals surface area contributed by atoms with Gasteiger partial charge in [0.1, 0.15) is 11.4 Å². The first kappa shape index (κ1) is 24.8. The zero-order chi connectivity index (χ0) is 24.3. The first-order valence-electron chi connectivity index (χ1n) is 11.5. The van der Waals surface area contributed by atoms with Gasteiger partial charge in [-0.25, -0.2) is 9.59 Å².